The number of amides is 1. The summed E-state index contributed by atoms with van der Waals surface area (Å²) in [6.45, 7) is 7.50. The standard InChI is InChI=1S/C39H41F4N5O3/c1-5-25-17-24(11-14-31(25)41)9-6-7-10-29-32(42)18-30-34(33(29)43)44-36(50-23-39-15-8-16-47(39)20-26(40)19-39)45-35(30)46-21-27-12-13-28(22-46)48(27)37(49)51-38(2,3)4/h1,6-7,9-11,14,17-18,26-28H,8,12-13,15-16,19-23H2,2-4H3/b9-6-,10-7+/t26-,27?,28?,39+/m1/s1. The monoisotopic (exact) mass is 703 g/mol. The van der Waals surface area contributed by atoms with Gasteiger partial charge in [0.25, 0.3) is 0 Å². The second-order valence-electron chi connectivity index (χ2n) is 15.0. The number of fused-ring (bicyclic) bond motifs is 4. The molecule has 1 amide bonds. The van der Waals surface area contributed by atoms with Crippen molar-refractivity contribution in [2.45, 2.75) is 82.3 Å². The van der Waals surface area contributed by atoms with Crippen molar-refractivity contribution >= 4 is 35.0 Å². The van der Waals surface area contributed by atoms with Gasteiger partial charge in [0.05, 0.1) is 23.2 Å². The van der Waals surface area contributed by atoms with Crippen molar-refractivity contribution in [3.05, 3.63) is 70.6 Å². The Morgan fingerprint density at radius 1 is 1.06 bits per heavy atom. The molecule has 2 aromatic carbocycles. The fourth-order valence-corrected chi connectivity index (χ4v) is 8.04. The fraction of sp³-hybridized carbons (Fsp3) is 0.462. The van der Waals surface area contributed by atoms with Gasteiger partial charge in [0.1, 0.15) is 41.3 Å². The molecule has 0 N–H and O–H groups in total. The van der Waals surface area contributed by atoms with Gasteiger partial charge in [0, 0.05) is 37.0 Å². The van der Waals surface area contributed by atoms with E-state index in [1.807, 2.05) is 25.7 Å². The molecule has 5 heterocycles. The molecule has 2 bridgehead atoms. The van der Waals surface area contributed by atoms with Crippen molar-refractivity contribution in [2.24, 2.45) is 0 Å². The van der Waals surface area contributed by atoms with Crippen molar-refractivity contribution in [1.82, 2.24) is 19.8 Å². The molecule has 0 aliphatic carbocycles. The molecular formula is C39H41F4N5O3. The van der Waals surface area contributed by atoms with Gasteiger partial charge in [-0.05, 0) is 82.8 Å². The molecule has 1 aromatic heterocycles. The summed E-state index contributed by atoms with van der Waals surface area (Å²) in [6.07, 6.45) is 13.5. The van der Waals surface area contributed by atoms with Crippen LogP contribution in [0.5, 0.6) is 6.01 Å². The summed E-state index contributed by atoms with van der Waals surface area (Å²) in [4.78, 5) is 28.2. The molecule has 8 nitrogen and oxygen atoms in total. The first-order valence-electron chi connectivity index (χ1n) is 17.4. The second-order valence-corrected chi connectivity index (χ2v) is 15.0. The van der Waals surface area contributed by atoms with E-state index < -0.39 is 34.8 Å². The molecule has 4 saturated heterocycles. The Kier molecular flexibility index (Phi) is 9.21. The molecular weight excluding hydrogens is 662 g/mol. The lowest BCUT2D eigenvalue weighted by Gasteiger charge is -2.42. The van der Waals surface area contributed by atoms with E-state index in [-0.39, 0.29) is 52.8 Å². The summed E-state index contributed by atoms with van der Waals surface area (Å²) in [5, 5.41) is 0.175. The van der Waals surface area contributed by atoms with Crippen molar-refractivity contribution < 1.29 is 31.8 Å². The molecule has 0 spiro atoms. The van der Waals surface area contributed by atoms with E-state index in [1.54, 1.807) is 23.1 Å². The lowest BCUT2D eigenvalue weighted by molar-refractivity contribution is 0.0122. The number of ether oxygens (including phenoxy) is 2. The Hall–Kier alpha value is -4.63. The van der Waals surface area contributed by atoms with Gasteiger partial charge in [0.2, 0.25) is 0 Å². The Morgan fingerprint density at radius 3 is 2.53 bits per heavy atom. The van der Waals surface area contributed by atoms with Crippen molar-refractivity contribution in [3.63, 3.8) is 0 Å². The number of nitrogens with zero attached hydrogens (tertiary/aromatic N) is 5. The third kappa shape index (κ3) is 6.88. The lowest BCUT2D eigenvalue weighted by atomic mass is 9.95. The number of carbonyl (C=O) groups is 1. The van der Waals surface area contributed by atoms with Gasteiger partial charge in [-0.15, -0.1) is 6.42 Å². The number of piperazine rings is 1. The molecule has 3 aromatic rings. The summed E-state index contributed by atoms with van der Waals surface area (Å²) < 4.78 is 72.3. The Balaban J connectivity index is 1.22. The third-order valence-corrected chi connectivity index (χ3v) is 10.3. The van der Waals surface area contributed by atoms with E-state index in [0.29, 0.717) is 37.4 Å². The second kappa shape index (κ2) is 13.5. The van der Waals surface area contributed by atoms with Crippen LogP contribution in [0.2, 0.25) is 0 Å². The molecule has 2 unspecified atom stereocenters. The normalized spacial score (nSPS) is 24.9. The molecule has 4 aliphatic heterocycles. The van der Waals surface area contributed by atoms with Crippen LogP contribution in [0, 0.1) is 29.8 Å². The molecule has 7 rings (SSSR count). The molecule has 4 aliphatic rings. The van der Waals surface area contributed by atoms with E-state index in [9.17, 15) is 13.6 Å². The quantitative estimate of drug-likeness (QED) is 0.145. The Morgan fingerprint density at radius 2 is 1.80 bits per heavy atom. The largest absolute Gasteiger partial charge is 0.461 e. The number of hydrogen-bond acceptors (Lipinski definition) is 7. The molecule has 51 heavy (non-hydrogen) atoms. The number of hydrogen-bond donors (Lipinski definition) is 0. The maximum Gasteiger partial charge on any atom is 0.410 e. The SMILES string of the molecule is C#Cc1cc(/C=C\C=C\c2c(F)cc3c(N4CC5CCC(C4)N5C(=O)OC(C)(C)C)nc(OC[C@@]45CCCN4C[C@H](F)C5)nc3c2F)ccc1F. The average molecular weight is 704 g/mol. The molecule has 4 fully saturated rings. The first kappa shape index (κ1) is 34.8. The summed E-state index contributed by atoms with van der Waals surface area (Å²) >= 11 is 0. The zero-order valence-electron chi connectivity index (χ0n) is 29.0. The predicted molar refractivity (Wildman–Crippen MR) is 187 cm³/mol. The van der Waals surface area contributed by atoms with E-state index in [4.69, 9.17) is 20.9 Å². The Bertz CT molecular complexity index is 1940. The minimum absolute atomic E-state index is 0.0797. The highest BCUT2D eigenvalue weighted by Crippen LogP contribution is 2.41. The predicted octanol–water partition coefficient (Wildman–Crippen LogP) is 7.30. The van der Waals surface area contributed by atoms with Gasteiger partial charge in [-0.2, -0.15) is 9.97 Å². The van der Waals surface area contributed by atoms with Crippen molar-refractivity contribution in [2.75, 3.05) is 37.7 Å². The molecule has 0 saturated carbocycles. The van der Waals surface area contributed by atoms with Crippen LogP contribution in [-0.4, -0.2) is 88.0 Å². The van der Waals surface area contributed by atoms with Crippen LogP contribution >= 0.6 is 0 Å². The molecule has 0 radical (unpaired) electrons. The minimum Gasteiger partial charge on any atom is -0.461 e. The van der Waals surface area contributed by atoms with Crippen LogP contribution in [0.3, 0.4) is 0 Å². The maximum absolute atomic E-state index is 16.4. The number of allylic oxidation sites excluding steroid dienone is 2. The van der Waals surface area contributed by atoms with Crippen molar-refractivity contribution in [1.29, 1.82) is 0 Å². The highest BCUT2D eigenvalue weighted by atomic mass is 19.1. The minimum atomic E-state index is -0.954. The summed E-state index contributed by atoms with van der Waals surface area (Å²) in [5.41, 5.74) is -0.828. The topological polar surface area (TPSA) is 71.0 Å². The van der Waals surface area contributed by atoms with E-state index >= 15 is 8.78 Å². The smallest absolute Gasteiger partial charge is 0.410 e. The number of rotatable bonds is 7. The van der Waals surface area contributed by atoms with Crippen LogP contribution in [0.4, 0.5) is 28.2 Å². The summed E-state index contributed by atoms with van der Waals surface area (Å²) in [6, 6.07) is 5.09. The van der Waals surface area contributed by atoms with E-state index in [1.165, 1.54) is 30.4 Å². The van der Waals surface area contributed by atoms with Gasteiger partial charge in [-0.25, -0.2) is 22.4 Å². The summed E-state index contributed by atoms with van der Waals surface area (Å²) in [5.74, 6) is 0.379. The van der Waals surface area contributed by atoms with Crippen LogP contribution in [-0.2, 0) is 4.74 Å². The number of terminal acetylenes is 1. The number of aromatic nitrogens is 2. The first-order chi connectivity index (χ1) is 24.3. The van der Waals surface area contributed by atoms with Crippen LogP contribution in [0.25, 0.3) is 23.1 Å². The third-order valence-electron chi connectivity index (χ3n) is 10.3. The van der Waals surface area contributed by atoms with Crippen LogP contribution < -0.4 is 9.64 Å². The highest BCUT2D eigenvalue weighted by molar-refractivity contribution is 5.92. The van der Waals surface area contributed by atoms with Crippen LogP contribution in [0.15, 0.2) is 36.4 Å². The van der Waals surface area contributed by atoms with Gasteiger partial charge in [0.15, 0.2) is 5.82 Å². The number of anilines is 1. The zero-order valence-corrected chi connectivity index (χ0v) is 29.0. The van der Waals surface area contributed by atoms with E-state index in [2.05, 4.69) is 15.8 Å². The van der Waals surface area contributed by atoms with Gasteiger partial charge < -0.3 is 14.4 Å². The lowest BCUT2D eigenvalue weighted by Crippen LogP contribution is -2.57. The van der Waals surface area contributed by atoms with Gasteiger partial charge in [-0.1, -0.05) is 30.2 Å². The summed E-state index contributed by atoms with van der Waals surface area (Å²) in [7, 11) is 0. The zero-order chi connectivity index (χ0) is 36.1. The van der Waals surface area contributed by atoms with E-state index in [0.717, 1.165) is 32.2 Å². The maximum atomic E-state index is 16.4. The number of halogens is 4. The number of benzene rings is 2. The molecule has 268 valence electrons. The van der Waals surface area contributed by atoms with Crippen LogP contribution in [0.1, 0.15) is 69.6 Å². The molecule has 4 atom stereocenters. The van der Waals surface area contributed by atoms with Gasteiger partial charge in [-0.3, -0.25) is 9.80 Å². The van der Waals surface area contributed by atoms with Crippen molar-refractivity contribution in [3.8, 4) is 18.4 Å². The highest BCUT2D eigenvalue weighted by Gasteiger charge is 2.50. The average Bonchev–Trinajstić information content (AvgIpc) is 3.69. The first-order valence-corrected chi connectivity index (χ1v) is 17.4. The fourth-order valence-electron chi connectivity index (χ4n) is 8.04. The molecule has 12 heteroatoms. The van der Waals surface area contributed by atoms with Gasteiger partial charge >= 0.3 is 12.1 Å². The number of alkyl halides is 1. The number of carbonyl (C=O) groups excluding carboxylic acids is 1. The Labute approximate surface area is 295 Å².